The Labute approximate surface area is 289 Å². The highest BCUT2D eigenvalue weighted by atomic mass is 16.2. The fourth-order valence-corrected chi connectivity index (χ4v) is 8.33. The van der Waals surface area contributed by atoms with Gasteiger partial charge in [0.05, 0.1) is 11.7 Å². The lowest BCUT2D eigenvalue weighted by atomic mass is 10.00. The molecule has 2 aromatic carbocycles. The number of amides is 5. The number of piperidine rings is 2. The molecule has 0 aliphatic carbocycles. The number of carbonyl (C=O) groups excluding carboxylic acids is 3. The van der Waals surface area contributed by atoms with E-state index >= 15 is 0 Å². The minimum Gasteiger partial charge on any atom is -0.340 e. The third kappa shape index (κ3) is 7.55. The second-order valence-corrected chi connectivity index (χ2v) is 14.5. The first-order valence-electron chi connectivity index (χ1n) is 18.2. The van der Waals surface area contributed by atoms with Gasteiger partial charge in [-0.1, -0.05) is 24.3 Å². The summed E-state index contributed by atoms with van der Waals surface area (Å²) in [5.41, 5.74) is 5.08. The van der Waals surface area contributed by atoms with Crippen LogP contribution in [0, 0.1) is 6.92 Å². The molecule has 1 unspecified atom stereocenters. The SMILES string of the molecule is Cc1cc(CC(NC(=O)N2CCC(N3CCc4ccccc4NC3=O)CC2)C(=O)N2CCCN(C3CCN(C)CC3)CC2)cc2cn[nH]c12. The maximum absolute atomic E-state index is 14.3. The van der Waals surface area contributed by atoms with Crippen LogP contribution in [0.4, 0.5) is 15.3 Å². The van der Waals surface area contributed by atoms with Crippen molar-refractivity contribution >= 4 is 34.6 Å². The number of likely N-dealkylation sites (tertiary alicyclic amines) is 2. The average molecular weight is 670 g/mol. The molecule has 3 N–H and O–H groups in total. The van der Waals surface area contributed by atoms with Crippen molar-refractivity contribution < 1.29 is 14.4 Å². The molecule has 0 radical (unpaired) electrons. The quantitative estimate of drug-likeness (QED) is 0.369. The van der Waals surface area contributed by atoms with E-state index in [0.717, 1.165) is 72.3 Å². The zero-order valence-electron chi connectivity index (χ0n) is 29.0. The molecule has 0 spiro atoms. The average Bonchev–Trinajstić information content (AvgIpc) is 3.35. The summed E-state index contributed by atoms with van der Waals surface area (Å²) in [7, 11) is 2.19. The number of nitrogens with zero attached hydrogens (tertiary/aromatic N) is 6. The molecule has 3 fully saturated rings. The summed E-state index contributed by atoms with van der Waals surface area (Å²) < 4.78 is 0. The van der Waals surface area contributed by atoms with Crippen LogP contribution >= 0.6 is 0 Å². The Bertz CT molecular complexity index is 1640. The third-order valence-electron chi connectivity index (χ3n) is 11.2. The van der Waals surface area contributed by atoms with Crippen LogP contribution in [-0.4, -0.2) is 137 Å². The van der Waals surface area contributed by atoms with E-state index in [-0.39, 0.29) is 24.0 Å². The summed E-state index contributed by atoms with van der Waals surface area (Å²) in [6, 6.07) is 11.8. The van der Waals surface area contributed by atoms with Crippen LogP contribution in [-0.2, 0) is 17.6 Å². The number of hydrogen-bond donors (Lipinski definition) is 3. The van der Waals surface area contributed by atoms with Crippen LogP contribution in [0.1, 0.15) is 48.8 Å². The number of rotatable bonds is 6. The van der Waals surface area contributed by atoms with E-state index in [9.17, 15) is 14.4 Å². The van der Waals surface area contributed by atoms with Crippen LogP contribution in [0.25, 0.3) is 10.9 Å². The number of urea groups is 2. The Morgan fingerprint density at radius 2 is 1.69 bits per heavy atom. The van der Waals surface area contributed by atoms with E-state index in [1.54, 1.807) is 6.20 Å². The molecule has 5 heterocycles. The minimum absolute atomic E-state index is 0.0146. The molecule has 262 valence electrons. The van der Waals surface area contributed by atoms with Crippen molar-refractivity contribution in [2.75, 3.05) is 71.3 Å². The number of aromatic nitrogens is 2. The molecule has 12 nitrogen and oxygen atoms in total. The fourth-order valence-electron chi connectivity index (χ4n) is 8.33. The number of H-pyrrole nitrogens is 1. The Morgan fingerprint density at radius 3 is 2.51 bits per heavy atom. The summed E-state index contributed by atoms with van der Waals surface area (Å²) in [6.07, 6.45) is 7.69. The van der Waals surface area contributed by atoms with Gasteiger partial charge in [-0.25, -0.2) is 9.59 Å². The van der Waals surface area contributed by atoms with Crippen molar-refractivity contribution in [2.24, 2.45) is 0 Å². The number of nitrogens with one attached hydrogen (secondary N) is 3. The van der Waals surface area contributed by atoms with Gasteiger partial charge in [0, 0.05) is 75.4 Å². The highest BCUT2D eigenvalue weighted by Gasteiger charge is 2.34. The number of para-hydroxylation sites is 1. The highest BCUT2D eigenvalue weighted by Crippen LogP contribution is 2.25. The zero-order valence-corrected chi connectivity index (χ0v) is 29.0. The predicted molar refractivity (Wildman–Crippen MR) is 191 cm³/mol. The number of anilines is 1. The van der Waals surface area contributed by atoms with Gasteiger partial charge in [0.1, 0.15) is 6.04 Å². The van der Waals surface area contributed by atoms with Gasteiger partial charge in [0.15, 0.2) is 0 Å². The van der Waals surface area contributed by atoms with Crippen LogP contribution in [0.5, 0.6) is 0 Å². The monoisotopic (exact) mass is 669 g/mol. The van der Waals surface area contributed by atoms with Crippen LogP contribution < -0.4 is 10.6 Å². The molecule has 4 aliphatic rings. The van der Waals surface area contributed by atoms with Gasteiger partial charge in [-0.15, -0.1) is 0 Å². The summed E-state index contributed by atoms with van der Waals surface area (Å²) >= 11 is 0. The van der Waals surface area contributed by atoms with Crippen molar-refractivity contribution in [3.05, 3.63) is 59.3 Å². The molecule has 4 aliphatic heterocycles. The minimum atomic E-state index is -0.682. The summed E-state index contributed by atoms with van der Waals surface area (Å²) in [6.45, 7) is 9.23. The van der Waals surface area contributed by atoms with Crippen LogP contribution in [0.3, 0.4) is 0 Å². The van der Waals surface area contributed by atoms with Gasteiger partial charge in [-0.3, -0.25) is 14.8 Å². The first-order chi connectivity index (χ1) is 23.8. The number of benzene rings is 2. The fraction of sp³-hybridized carbons (Fsp3) is 0.568. The van der Waals surface area contributed by atoms with Crippen molar-refractivity contribution in [2.45, 2.75) is 70.0 Å². The van der Waals surface area contributed by atoms with Crippen LogP contribution in [0.15, 0.2) is 42.6 Å². The maximum atomic E-state index is 14.3. The predicted octanol–water partition coefficient (Wildman–Crippen LogP) is 3.68. The van der Waals surface area contributed by atoms with E-state index in [1.807, 2.05) is 39.8 Å². The molecule has 5 amide bonds. The molecule has 0 saturated carbocycles. The standard InChI is InChI=1S/C37H51N9O3/c1-26-22-27(23-29-25-38-41-34(26)29)24-33(35(47)44-14-5-13-43(20-21-44)30-9-15-42(2)16-10-30)40-36(48)45-17-11-31(12-18-45)46-19-8-28-6-3-4-7-32(28)39-37(46)49/h3-4,6-7,22-23,25,30-31,33H,5,8-21,24H2,1-2H3,(H,38,41)(H,39,49)(H,40,48). The van der Waals surface area contributed by atoms with Crippen molar-refractivity contribution in [1.82, 2.24) is 40.0 Å². The lowest BCUT2D eigenvalue weighted by Gasteiger charge is -2.38. The molecule has 3 saturated heterocycles. The van der Waals surface area contributed by atoms with Gasteiger partial charge in [-0.05, 0) is 94.4 Å². The number of hydrogen-bond acceptors (Lipinski definition) is 6. The van der Waals surface area contributed by atoms with Gasteiger partial charge < -0.3 is 30.2 Å². The molecule has 1 atom stereocenters. The number of carbonyl (C=O) groups is 3. The lowest BCUT2D eigenvalue weighted by molar-refractivity contribution is -0.133. The normalized spacial score (nSPS) is 21.2. The van der Waals surface area contributed by atoms with Gasteiger partial charge >= 0.3 is 12.1 Å². The van der Waals surface area contributed by atoms with Gasteiger partial charge in [0.2, 0.25) is 5.91 Å². The van der Waals surface area contributed by atoms with E-state index in [0.29, 0.717) is 58.0 Å². The molecular weight excluding hydrogens is 618 g/mol. The van der Waals surface area contributed by atoms with Gasteiger partial charge in [-0.2, -0.15) is 5.10 Å². The first kappa shape index (κ1) is 33.3. The van der Waals surface area contributed by atoms with Crippen LogP contribution in [0.2, 0.25) is 0 Å². The highest BCUT2D eigenvalue weighted by molar-refractivity contribution is 5.91. The molecule has 1 aromatic heterocycles. The molecule has 49 heavy (non-hydrogen) atoms. The van der Waals surface area contributed by atoms with Crippen molar-refractivity contribution in [1.29, 1.82) is 0 Å². The summed E-state index contributed by atoms with van der Waals surface area (Å²) in [5.74, 6) is -0.0146. The topological polar surface area (TPSA) is 120 Å². The second-order valence-electron chi connectivity index (χ2n) is 14.5. The molecule has 12 heteroatoms. The Hall–Kier alpha value is -4.16. The summed E-state index contributed by atoms with van der Waals surface area (Å²) in [5, 5.41) is 14.5. The van der Waals surface area contributed by atoms with Crippen molar-refractivity contribution in [3.8, 4) is 0 Å². The molecule has 3 aromatic rings. The zero-order chi connectivity index (χ0) is 33.9. The Morgan fingerprint density at radius 1 is 0.918 bits per heavy atom. The van der Waals surface area contributed by atoms with E-state index in [4.69, 9.17) is 0 Å². The van der Waals surface area contributed by atoms with E-state index in [1.165, 1.54) is 12.8 Å². The van der Waals surface area contributed by atoms with E-state index < -0.39 is 6.04 Å². The maximum Gasteiger partial charge on any atom is 0.322 e. The van der Waals surface area contributed by atoms with E-state index in [2.05, 4.69) is 55.9 Å². The Kier molecular flexibility index (Phi) is 10.0. The molecule has 0 bridgehead atoms. The Balaban J connectivity index is 1.01. The molecular formula is C37H51N9O3. The van der Waals surface area contributed by atoms with Crippen molar-refractivity contribution in [3.63, 3.8) is 0 Å². The lowest BCUT2D eigenvalue weighted by Crippen LogP contribution is -2.56. The smallest absolute Gasteiger partial charge is 0.322 e. The third-order valence-corrected chi connectivity index (χ3v) is 11.2. The summed E-state index contributed by atoms with van der Waals surface area (Å²) in [4.78, 5) is 52.0. The molecule has 7 rings (SSSR count). The number of fused-ring (bicyclic) bond motifs is 2. The van der Waals surface area contributed by atoms with Gasteiger partial charge in [0.25, 0.3) is 0 Å². The number of aromatic amines is 1. The first-order valence-corrected chi connectivity index (χ1v) is 18.2. The number of aryl methyl sites for hydroxylation is 1. The largest absolute Gasteiger partial charge is 0.340 e. The second kappa shape index (κ2) is 14.8.